The maximum atomic E-state index is 13.1. The van der Waals surface area contributed by atoms with E-state index in [9.17, 15) is 9.18 Å². The summed E-state index contributed by atoms with van der Waals surface area (Å²) < 4.78 is 19.6. The number of fused-ring (bicyclic) bond motifs is 1. The molecule has 0 unspecified atom stereocenters. The summed E-state index contributed by atoms with van der Waals surface area (Å²) in [6, 6.07) is 13.6. The molecule has 0 aliphatic carbocycles. The molecule has 154 valence electrons. The molecule has 5 nitrogen and oxygen atoms in total. The van der Waals surface area contributed by atoms with Gasteiger partial charge < -0.3 is 20.3 Å². The van der Waals surface area contributed by atoms with Crippen molar-refractivity contribution in [1.29, 1.82) is 0 Å². The first kappa shape index (κ1) is 19.7. The highest BCUT2D eigenvalue weighted by Crippen LogP contribution is 2.44. The van der Waals surface area contributed by atoms with Gasteiger partial charge in [-0.2, -0.15) is 0 Å². The normalized spacial score (nSPS) is 21.7. The number of nitrogens with zero attached hydrogens (tertiary/aromatic N) is 1. The number of urea groups is 1. The summed E-state index contributed by atoms with van der Waals surface area (Å²) in [7, 11) is 2.13. The topological polar surface area (TPSA) is 53.6 Å². The molecule has 0 radical (unpaired) electrons. The van der Waals surface area contributed by atoms with E-state index < -0.39 is 0 Å². The number of carbonyl (C=O) groups is 1. The summed E-state index contributed by atoms with van der Waals surface area (Å²) in [5.41, 5.74) is 1.64. The molecule has 2 aliphatic rings. The largest absolute Gasteiger partial charge is 0.487 e. The van der Waals surface area contributed by atoms with Crippen molar-refractivity contribution >= 4 is 6.03 Å². The van der Waals surface area contributed by atoms with E-state index in [1.54, 1.807) is 12.1 Å². The third kappa shape index (κ3) is 4.37. The van der Waals surface area contributed by atoms with Crippen LogP contribution in [0.2, 0.25) is 0 Å². The number of piperidine rings is 1. The fourth-order valence-corrected chi connectivity index (χ4v) is 4.31. The molecule has 2 aromatic carbocycles. The van der Waals surface area contributed by atoms with E-state index in [-0.39, 0.29) is 29.5 Å². The van der Waals surface area contributed by atoms with Crippen molar-refractivity contribution in [3.05, 3.63) is 65.5 Å². The fraction of sp³-hybridized carbons (Fsp3) is 0.435. The van der Waals surface area contributed by atoms with Crippen molar-refractivity contribution in [2.45, 2.75) is 43.9 Å². The molecule has 0 bridgehead atoms. The van der Waals surface area contributed by atoms with Crippen LogP contribution in [0.5, 0.6) is 5.75 Å². The van der Waals surface area contributed by atoms with Gasteiger partial charge in [0, 0.05) is 25.1 Å². The summed E-state index contributed by atoms with van der Waals surface area (Å²) in [6.07, 6.45) is 2.66. The Morgan fingerprint density at radius 1 is 1.17 bits per heavy atom. The number of nitrogens with one attached hydrogen (secondary N) is 2. The number of para-hydroxylation sites is 1. The van der Waals surface area contributed by atoms with Crippen LogP contribution in [0.4, 0.5) is 9.18 Å². The van der Waals surface area contributed by atoms with Gasteiger partial charge in [0.2, 0.25) is 0 Å². The number of ether oxygens (including phenoxy) is 1. The van der Waals surface area contributed by atoms with E-state index in [0.29, 0.717) is 0 Å². The summed E-state index contributed by atoms with van der Waals surface area (Å²) in [6.45, 7) is 3.87. The van der Waals surface area contributed by atoms with Gasteiger partial charge in [0.15, 0.2) is 0 Å². The second-order valence-corrected chi connectivity index (χ2v) is 8.27. The predicted molar refractivity (Wildman–Crippen MR) is 110 cm³/mol. The number of hydrogen-bond acceptors (Lipinski definition) is 3. The van der Waals surface area contributed by atoms with E-state index in [0.717, 1.165) is 49.2 Å². The van der Waals surface area contributed by atoms with Gasteiger partial charge in [-0.05, 0) is 50.6 Å². The van der Waals surface area contributed by atoms with Gasteiger partial charge in [0.25, 0.3) is 0 Å². The molecule has 2 atom stereocenters. The van der Waals surface area contributed by atoms with Crippen LogP contribution >= 0.6 is 0 Å². The molecule has 2 aliphatic heterocycles. The molecule has 0 aromatic heterocycles. The third-order valence-electron chi connectivity index (χ3n) is 6.12. The van der Waals surface area contributed by atoms with Crippen LogP contribution in [0.15, 0.2) is 48.5 Å². The van der Waals surface area contributed by atoms with Crippen LogP contribution in [-0.4, -0.2) is 36.7 Å². The van der Waals surface area contributed by atoms with Gasteiger partial charge >= 0.3 is 6.03 Å². The molecule has 6 heteroatoms. The Labute approximate surface area is 171 Å². The lowest BCUT2D eigenvalue weighted by molar-refractivity contribution is -0.0190. The van der Waals surface area contributed by atoms with Crippen LogP contribution in [0.3, 0.4) is 0 Å². The highest BCUT2D eigenvalue weighted by atomic mass is 19.1. The quantitative estimate of drug-likeness (QED) is 0.817. The maximum Gasteiger partial charge on any atom is 0.315 e. The Morgan fingerprint density at radius 3 is 2.59 bits per heavy atom. The van der Waals surface area contributed by atoms with Gasteiger partial charge in [-0.3, -0.25) is 0 Å². The maximum absolute atomic E-state index is 13.1. The van der Waals surface area contributed by atoms with Gasteiger partial charge in [0.05, 0.1) is 12.1 Å². The predicted octanol–water partition coefficient (Wildman–Crippen LogP) is 4.17. The number of rotatable bonds is 3. The summed E-state index contributed by atoms with van der Waals surface area (Å²) >= 11 is 0. The zero-order valence-electron chi connectivity index (χ0n) is 17.0. The number of benzene rings is 2. The van der Waals surface area contributed by atoms with Crippen LogP contribution in [0.25, 0.3) is 0 Å². The number of carbonyl (C=O) groups excluding carboxylic acids is 1. The van der Waals surface area contributed by atoms with Gasteiger partial charge in [-0.15, -0.1) is 0 Å². The molecule has 2 heterocycles. The lowest BCUT2D eigenvalue weighted by Crippen LogP contribution is -2.52. The Balaban J connectivity index is 1.47. The minimum Gasteiger partial charge on any atom is -0.487 e. The number of halogens is 1. The average molecular weight is 397 g/mol. The van der Waals surface area contributed by atoms with Crippen molar-refractivity contribution in [2.75, 3.05) is 20.1 Å². The average Bonchev–Trinajstić information content (AvgIpc) is 2.71. The smallest absolute Gasteiger partial charge is 0.315 e. The minimum absolute atomic E-state index is 0.108. The van der Waals surface area contributed by atoms with E-state index in [1.165, 1.54) is 12.1 Å². The minimum atomic E-state index is -0.285. The summed E-state index contributed by atoms with van der Waals surface area (Å²) in [4.78, 5) is 15.1. The molecule has 1 saturated heterocycles. The second-order valence-electron chi connectivity index (χ2n) is 8.27. The van der Waals surface area contributed by atoms with E-state index in [1.807, 2.05) is 31.2 Å². The second kappa shape index (κ2) is 8.03. The first-order valence-electron chi connectivity index (χ1n) is 10.2. The molecule has 2 aromatic rings. The lowest BCUT2D eigenvalue weighted by Gasteiger charge is -2.46. The Hall–Kier alpha value is -2.60. The van der Waals surface area contributed by atoms with E-state index in [4.69, 9.17) is 4.74 Å². The third-order valence-corrected chi connectivity index (χ3v) is 6.12. The van der Waals surface area contributed by atoms with E-state index in [2.05, 4.69) is 22.6 Å². The summed E-state index contributed by atoms with van der Waals surface area (Å²) in [5, 5.41) is 6.12. The first-order chi connectivity index (χ1) is 13.9. The highest BCUT2D eigenvalue weighted by molar-refractivity contribution is 5.75. The molecule has 1 spiro atoms. The van der Waals surface area contributed by atoms with Crippen molar-refractivity contribution in [3.8, 4) is 5.75 Å². The Kier molecular flexibility index (Phi) is 5.46. The van der Waals surface area contributed by atoms with Crippen LogP contribution < -0.4 is 15.4 Å². The standard InChI is InChI=1S/C23H28FN3O2/c1-16(17-7-9-18(24)10-8-17)25-22(28)26-20-15-23(11-13-27(2)14-12-23)29-21-6-4-3-5-19(20)21/h3-10,16,20H,11-15H2,1-2H3,(H2,25,26,28)/t16-,20+/m1/s1. The highest BCUT2D eigenvalue weighted by Gasteiger charge is 2.43. The number of amides is 2. The molecule has 2 amide bonds. The molecular weight excluding hydrogens is 369 g/mol. The van der Waals surface area contributed by atoms with E-state index >= 15 is 0 Å². The fourth-order valence-electron chi connectivity index (χ4n) is 4.31. The van der Waals surface area contributed by atoms with Crippen molar-refractivity contribution in [1.82, 2.24) is 15.5 Å². The van der Waals surface area contributed by atoms with Gasteiger partial charge in [0.1, 0.15) is 17.2 Å². The molecule has 29 heavy (non-hydrogen) atoms. The SMILES string of the molecule is C[C@@H](NC(=O)N[C@H]1CC2(CCN(C)CC2)Oc2ccccc21)c1ccc(F)cc1. The van der Waals surface area contributed by atoms with Gasteiger partial charge in [-0.25, -0.2) is 9.18 Å². The monoisotopic (exact) mass is 397 g/mol. The zero-order chi connectivity index (χ0) is 20.4. The first-order valence-corrected chi connectivity index (χ1v) is 10.2. The van der Waals surface area contributed by atoms with Gasteiger partial charge in [-0.1, -0.05) is 30.3 Å². The Morgan fingerprint density at radius 2 is 1.86 bits per heavy atom. The number of likely N-dealkylation sites (tertiary alicyclic amines) is 1. The number of hydrogen-bond donors (Lipinski definition) is 2. The molecule has 2 N–H and O–H groups in total. The van der Waals surface area contributed by atoms with Crippen LogP contribution in [-0.2, 0) is 0 Å². The molecular formula is C23H28FN3O2. The van der Waals surface area contributed by atoms with Crippen molar-refractivity contribution in [3.63, 3.8) is 0 Å². The molecule has 4 rings (SSSR count). The van der Waals surface area contributed by atoms with Crippen LogP contribution in [0.1, 0.15) is 49.4 Å². The Bertz CT molecular complexity index is 863. The molecule has 0 saturated carbocycles. The molecule has 1 fully saturated rings. The zero-order valence-corrected chi connectivity index (χ0v) is 17.0. The summed E-state index contributed by atoms with van der Waals surface area (Å²) in [5.74, 6) is 0.577. The van der Waals surface area contributed by atoms with Crippen molar-refractivity contribution < 1.29 is 13.9 Å². The van der Waals surface area contributed by atoms with Crippen LogP contribution in [0, 0.1) is 5.82 Å². The lowest BCUT2D eigenvalue weighted by atomic mass is 9.80. The van der Waals surface area contributed by atoms with Crippen molar-refractivity contribution in [2.24, 2.45) is 0 Å².